The summed E-state index contributed by atoms with van der Waals surface area (Å²) in [5.41, 5.74) is 5.56. The van der Waals surface area contributed by atoms with Crippen LogP contribution in [0.3, 0.4) is 0 Å². The molecular weight excluding hydrogens is 244 g/mol. The summed E-state index contributed by atoms with van der Waals surface area (Å²) >= 11 is 0. The predicted octanol–water partition coefficient (Wildman–Crippen LogP) is 0.0151. The van der Waals surface area contributed by atoms with Gasteiger partial charge in [0.1, 0.15) is 5.82 Å². The highest BCUT2D eigenvalue weighted by molar-refractivity contribution is 5.92. The Kier molecular flexibility index (Phi) is 3.79. The van der Waals surface area contributed by atoms with Gasteiger partial charge >= 0.3 is 0 Å². The lowest BCUT2D eigenvalue weighted by atomic mass is 10.2. The molecular formula is C13H16N4O2. The van der Waals surface area contributed by atoms with Gasteiger partial charge in [-0.15, -0.1) is 0 Å². The van der Waals surface area contributed by atoms with Crippen molar-refractivity contribution in [2.75, 3.05) is 31.1 Å². The number of amides is 2. The Hall–Kier alpha value is -2.37. The SMILES string of the molecule is C=CC(=O)N1CCN(c2ccc(C(N)=O)cn2)CC1. The van der Waals surface area contributed by atoms with Gasteiger partial charge in [0, 0.05) is 32.4 Å². The molecule has 0 spiro atoms. The maximum atomic E-state index is 11.5. The number of nitrogens with zero attached hydrogens (tertiary/aromatic N) is 3. The molecule has 0 atom stereocenters. The van der Waals surface area contributed by atoms with E-state index in [-0.39, 0.29) is 5.91 Å². The Morgan fingerprint density at radius 2 is 1.95 bits per heavy atom. The van der Waals surface area contributed by atoms with E-state index in [4.69, 9.17) is 5.73 Å². The van der Waals surface area contributed by atoms with Crippen LogP contribution in [-0.2, 0) is 4.79 Å². The van der Waals surface area contributed by atoms with E-state index in [1.165, 1.54) is 12.3 Å². The number of piperazine rings is 1. The number of aromatic nitrogens is 1. The minimum atomic E-state index is -0.486. The smallest absolute Gasteiger partial charge is 0.250 e. The second kappa shape index (κ2) is 5.51. The van der Waals surface area contributed by atoms with Gasteiger partial charge in [0.15, 0.2) is 0 Å². The number of hydrogen-bond acceptors (Lipinski definition) is 4. The number of hydrogen-bond donors (Lipinski definition) is 1. The molecule has 0 aromatic carbocycles. The van der Waals surface area contributed by atoms with Gasteiger partial charge in [-0.2, -0.15) is 0 Å². The van der Waals surface area contributed by atoms with Crippen LogP contribution < -0.4 is 10.6 Å². The number of anilines is 1. The van der Waals surface area contributed by atoms with E-state index in [9.17, 15) is 9.59 Å². The molecule has 0 aliphatic carbocycles. The predicted molar refractivity (Wildman–Crippen MR) is 71.7 cm³/mol. The van der Waals surface area contributed by atoms with E-state index in [1.807, 2.05) is 0 Å². The highest BCUT2D eigenvalue weighted by Gasteiger charge is 2.20. The van der Waals surface area contributed by atoms with Crippen LogP contribution in [-0.4, -0.2) is 47.9 Å². The molecule has 2 rings (SSSR count). The highest BCUT2D eigenvalue weighted by Crippen LogP contribution is 2.14. The summed E-state index contributed by atoms with van der Waals surface area (Å²) in [5, 5.41) is 0. The molecule has 0 radical (unpaired) electrons. The van der Waals surface area contributed by atoms with Crippen molar-refractivity contribution in [3.63, 3.8) is 0 Å². The summed E-state index contributed by atoms with van der Waals surface area (Å²) in [6.07, 6.45) is 2.80. The highest BCUT2D eigenvalue weighted by atomic mass is 16.2. The maximum Gasteiger partial charge on any atom is 0.250 e. The summed E-state index contributed by atoms with van der Waals surface area (Å²) in [4.78, 5) is 30.4. The Bertz CT molecular complexity index is 490. The first kappa shape index (κ1) is 13.1. The molecule has 0 unspecified atom stereocenters. The van der Waals surface area contributed by atoms with E-state index >= 15 is 0 Å². The zero-order valence-corrected chi connectivity index (χ0v) is 10.6. The lowest BCUT2D eigenvalue weighted by Gasteiger charge is -2.34. The molecule has 1 aliphatic rings. The Labute approximate surface area is 111 Å². The third-order valence-corrected chi connectivity index (χ3v) is 3.12. The van der Waals surface area contributed by atoms with Crippen LogP contribution in [0.1, 0.15) is 10.4 Å². The molecule has 0 saturated carbocycles. The second-order valence-electron chi connectivity index (χ2n) is 4.29. The quantitative estimate of drug-likeness (QED) is 0.777. The summed E-state index contributed by atoms with van der Waals surface area (Å²) in [7, 11) is 0. The lowest BCUT2D eigenvalue weighted by molar-refractivity contribution is -0.126. The van der Waals surface area contributed by atoms with Gasteiger partial charge in [-0.3, -0.25) is 9.59 Å². The molecule has 19 heavy (non-hydrogen) atoms. The molecule has 1 saturated heterocycles. The number of carbonyl (C=O) groups excluding carboxylic acids is 2. The molecule has 0 bridgehead atoms. The second-order valence-corrected chi connectivity index (χ2v) is 4.29. The van der Waals surface area contributed by atoms with Gasteiger partial charge in [0.05, 0.1) is 5.56 Å². The average molecular weight is 260 g/mol. The van der Waals surface area contributed by atoms with Crippen LogP contribution in [0.2, 0.25) is 0 Å². The molecule has 2 amide bonds. The fourth-order valence-electron chi connectivity index (χ4n) is 2.00. The van der Waals surface area contributed by atoms with Crippen LogP contribution >= 0.6 is 0 Å². The first-order valence-electron chi connectivity index (χ1n) is 6.04. The third-order valence-electron chi connectivity index (χ3n) is 3.12. The molecule has 1 aliphatic heterocycles. The number of pyridine rings is 1. The summed E-state index contributed by atoms with van der Waals surface area (Å²) in [6.45, 7) is 6.19. The van der Waals surface area contributed by atoms with Gasteiger partial charge in [0.2, 0.25) is 11.8 Å². The fourth-order valence-corrected chi connectivity index (χ4v) is 2.00. The zero-order valence-electron chi connectivity index (χ0n) is 10.6. The largest absolute Gasteiger partial charge is 0.366 e. The molecule has 6 nitrogen and oxygen atoms in total. The van der Waals surface area contributed by atoms with Crippen LogP contribution in [0.15, 0.2) is 31.0 Å². The third kappa shape index (κ3) is 2.90. The van der Waals surface area contributed by atoms with E-state index < -0.39 is 5.91 Å². The van der Waals surface area contributed by atoms with Crippen molar-refractivity contribution < 1.29 is 9.59 Å². The standard InChI is InChI=1S/C13H16N4O2/c1-2-12(18)17-7-5-16(6-8-17)11-4-3-10(9-15-11)13(14)19/h2-4,9H,1,5-8H2,(H2,14,19). The zero-order chi connectivity index (χ0) is 13.8. The molecule has 2 N–H and O–H groups in total. The van der Waals surface area contributed by atoms with Crippen molar-refractivity contribution in [1.29, 1.82) is 0 Å². The maximum absolute atomic E-state index is 11.5. The van der Waals surface area contributed by atoms with Crippen molar-refractivity contribution in [1.82, 2.24) is 9.88 Å². The first-order chi connectivity index (χ1) is 9.11. The van der Waals surface area contributed by atoms with Crippen molar-refractivity contribution >= 4 is 17.6 Å². The minimum absolute atomic E-state index is 0.0447. The number of nitrogens with two attached hydrogens (primary N) is 1. The van der Waals surface area contributed by atoms with E-state index in [2.05, 4.69) is 16.5 Å². The van der Waals surface area contributed by atoms with Crippen molar-refractivity contribution in [3.05, 3.63) is 36.5 Å². The molecule has 2 heterocycles. The van der Waals surface area contributed by atoms with Gasteiger partial charge in [-0.25, -0.2) is 4.98 Å². The Morgan fingerprint density at radius 3 is 2.42 bits per heavy atom. The average Bonchev–Trinajstić information content (AvgIpc) is 2.46. The number of carbonyl (C=O) groups is 2. The molecule has 100 valence electrons. The molecule has 6 heteroatoms. The summed E-state index contributed by atoms with van der Waals surface area (Å²) in [6, 6.07) is 3.43. The van der Waals surface area contributed by atoms with Gasteiger partial charge in [-0.05, 0) is 18.2 Å². The van der Waals surface area contributed by atoms with Crippen molar-refractivity contribution in [2.24, 2.45) is 5.73 Å². The topological polar surface area (TPSA) is 79.5 Å². The van der Waals surface area contributed by atoms with E-state index in [0.29, 0.717) is 31.7 Å². The van der Waals surface area contributed by atoms with E-state index in [0.717, 1.165) is 5.82 Å². The van der Waals surface area contributed by atoms with Crippen molar-refractivity contribution in [2.45, 2.75) is 0 Å². The number of rotatable bonds is 3. The van der Waals surface area contributed by atoms with Crippen LogP contribution in [0.4, 0.5) is 5.82 Å². The minimum Gasteiger partial charge on any atom is -0.366 e. The Balaban J connectivity index is 1.99. The molecule has 1 aromatic rings. The normalized spacial score (nSPS) is 15.2. The van der Waals surface area contributed by atoms with Gasteiger partial charge in [-0.1, -0.05) is 6.58 Å². The van der Waals surface area contributed by atoms with Crippen LogP contribution in [0.5, 0.6) is 0 Å². The molecule has 1 fully saturated rings. The Morgan fingerprint density at radius 1 is 1.26 bits per heavy atom. The summed E-state index contributed by atoms with van der Waals surface area (Å²) < 4.78 is 0. The van der Waals surface area contributed by atoms with Crippen LogP contribution in [0.25, 0.3) is 0 Å². The van der Waals surface area contributed by atoms with Crippen LogP contribution in [0, 0.1) is 0 Å². The van der Waals surface area contributed by atoms with Crippen molar-refractivity contribution in [3.8, 4) is 0 Å². The van der Waals surface area contributed by atoms with Gasteiger partial charge in [0.25, 0.3) is 0 Å². The monoisotopic (exact) mass is 260 g/mol. The molecule has 1 aromatic heterocycles. The van der Waals surface area contributed by atoms with E-state index in [1.54, 1.807) is 17.0 Å². The lowest BCUT2D eigenvalue weighted by Crippen LogP contribution is -2.48. The first-order valence-corrected chi connectivity index (χ1v) is 6.04. The van der Waals surface area contributed by atoms with Gasteiger partial charge < -0.3 is 15.5 Å². The fraction of sp³-hybridized carbons (Fsp3) is 0.308. The number of primary amides is 1. The summed E-state index contributed by atoms with van der Waals surface area (Å²) in [5.74, 6) is 0.257.